The Labute approximate surface area is 156 Å². The first-order valence-electron chi connectivity index (χ1n) is 8.41. The van der Waals surface area contributed by atoms with Crippen LogP contribution in [-0.4, -0.2) is 32.9 Å². The molecule has 0 radical (unpaired) electrons. The third-order valence-electron chi connectivity index (χ3n) is 4.18. The normalized spacial score (nSPS) is 16.1. The number of nitrogens with one attached hydrogen (secondary N) is 3. The zero-order valence-corrected chi connectivity index (χ0v) is 15.0. The van der Waals surface area contributed by atoms with Crippen LogP contribution in [0, 0.1) is 0 Å². The van der Waals surface area contributed by atoms with Crippen LogP contribution >= 0.6 is 0 Å². The predicted molar refractivity (Wildman–Crippen MR) is 98.3 cm³/mol. The maximum Gasteiger partial charge on any atom is 0.262 e. The van der Waals surface area contributed by atoms with Crippen LogP contribution in [0.4, 0.5) is 11.4 Å². The number of carbonyl (C=O) groups is 2. The van der Waals surface area contributed by atoms with Gasteiger partial charge in [0.2, 0.25) is 10.0 Å². The molecule has 0 atom stereocenters. The van der Waals surface area contributed by atoms with Gasteiger partial charge in [-0.3, -0.25) is 9.59 Å². The monoisotopic (exact) mass is 387 g/mol. The summed E-state index contributed by atoms with van der Waals surface area (Å²) < 4.78 is 32.5. The molecule has 1 fully saturated rings. The van der Waals surface area contributed by atoms with Crippen molar-refractivity contribution in [3.63, 3.8) is 0 Å². The molecule has 1 heterocycles. The van der Waals surface area contributed by atoms with E-state index in [1.54, 1.807) is 18.2 Å². The molecule has 140 valence electrons. The second-order valence-electron chi connectivity index (χ2n) is 6.43. The maximum atomic E-state index is 12.5. The van der Waals surface area contributed by atoms with Gasteiger partial charge in [-0.2, -0.15) is 0 Å². The first-order chi connectivity index (χ1) is 12.9. The summed E-state index contributed by atoms with van der Waals surface area (Å²) in [4.78, 5) is 24.0. The topological polar surface area (TPSA) is 114 Å². The number of fused-ring (bicyclic) bond motifs is 1. The molecule has 1 saturated carbocycles. The van der Waals surface area contributed by atoms with E-state index < -0.39 is 15.9 Å². The van der Waals surface area contributed by atoms with Crippen LogP contribution in [0.25, 0.3) is 0 Å². The summed E-state index contributed by atoms with van der Waals surface area (Å²) in [7, 11) is -3.64. The van der Waals surface area contributed by atoms with Crippen molar-refractivity contribution in [3.05, 3.63) is 48.0 Å². The van der Waals surface area contributed by atoms with Gasteiger partial charge in [-0.1, -0.05) is 6.07 Å². The zero-order valence-electron chi connectivity index (χ0n) is 14.2. The number of hydrogen-bond donors (Lipinski definition) is 3. The largest absolute Gasteiger partial charge is 0.482 e. The van der Waals surface area contributed by atoms with E-state index in [2.05, 4.69) is 15.4 Å². The fourth-order valence-corrected chi connectivity index (χ4v) is 4.01. The molecule has 4 rings (SSSR count). The Morgan fingerprint density at radius 1 is 1.15 bits per heavy atom. The van der Waals surface area contributed by atoms with Gasteiger partial charge in [0.15, 0.2) is 6.61 Å². The van der Waals surface area contributed by atoms with E-state index >= 15 is 0 Å². The third-order valence-corrected chi connectivity index (χ3v) is 5.69. The highest BCUT2D eigenvalue weighted by molar-refractivity contribution is 7.89. The van der Waals surface area contributed by atoms with E-state index in [0.29, 0.717) is 17.1 Å². The van der Waals surface area contributed by atoms with Gasteiger partial charge in [-0.05, 0) is 49.2 Å². The van der Waals surface area contributed by atoms with Crippen LogP contribution in [0.1, 0.15) is 23.2 Å². The van der Waals surface area contributed by atoms with Crippen molar-refractivity contribution in [1.82, 2.24) is 4.72 Å². The second kappa shape index (κ2) is 6.67. The molecule has 2 aromatic rings. The number of amides is 2. The fourth-order valence-electron chi connectivity index (χ4n) is 2.66. The lowest BCUT2D eigenvalue weighted by Gasteiger charge is -2.18. The van der Waals surface area contributed by atoms with Gasteiger partial charge in [-0.15, -0.1) is 0 Å². The Kier molecular flexibility index (Phi) is 4.33. The molecule has 0 aromatic heterocycles. The Bertz CT molecular complexity index is 1030. The third kappa shape index (κ3) is 3.93. The predicted octanol–water partition coefficient (Wildman–Crippen LogP) is 1.71. The summed E-state index contributed by atoms with van der Waals surface area (Å²) >= 11 is 0. The van der Waals surface area contributed by atoms with E-state index in [9.17, 15) is 18.0 Å². The average molecular weight is 387 g/mol. The van der Waals surface area contributed by atoms with Gasteiger partial charge < -0.3 is 15.4 Å². The first kappa shape index (κ1) is 17.5. The Hall–Kier alpha value is -2.91. The average Bonchev–Trinajstić information content (AvgIpc) is 3.45. The summed E-state index contributed by atoms with van der Waals surface area (Å²) in [5, 5.41) is 5.36. The minimum Gasteiger partial charge on any atom is -0.482 e. The van der Waals surface area contributed by atoms with Gasteiger partial charge in [0.25, 0.3) is 11.8 Å². The summed E-state index contributed by atoms with van der Waals surface area (Å²) in [6.45, 7) is -0.0468. The maximum absolute atomic E-state index is 12.5. The van der Waals surface area contributed by atoms with E-state index in [4.69, 9.17) is 4.74 Å². The fraction of sp³-hybridized carbons (Fsp3) is 0.222. The van der Waals surface area contributed by atoms with Gasteiger partial charge in [-0.25, -0.2) is 13.1 Å². The highest BCUT2D eigenvalue weighted by Gasteiger charge is 2.28. The Morgan fingerprint density at radius 3 is 2.74 bits per heavy atom. The number of rotatable bonds is 5. The minimum absolute atomic E-state index is 0.0135. The highest BCUT2D eigenvalue weighted by Crippen LogP contribution is 2.30. The van der Waals surface area contributed by atoms with Crippen molar-refractivity contribution in [2.24, 2.45) is 0 Å². The molecule has 8 nitrogen and oxygen atoms in total. The van der Waals surface area contributed by atoms with Gasteiger partial charge >= 0.3 is 0 Å². The quantitative estimate of drug-likeness (QED) is 0.723. The number of anilines is 2. The Morgan fingerprint density at radius 2 is 1.96 bits per heavy atom. The number of ether oxygens (including phenoxy) is 1. The summed E-state index contributed by atoms with van der Waals surface area (Å²) in [6, 6.07) is 10.7. The second-order valence-corrected chi connectivity index (χ2v) is 8.14. The van der Waals surface area contributed by atoms with E-state index in [-0.39, 0.29) is 29.0 Å². The molecule has 27 heavy (non-hydrogen) atoms. The molecular weight excluding hydrogens is 370 g/mol. The standard InChI is InChI=1S/C18H17N3O5S/c22-17-10-26-16-7-6-13(9-15(16)20-17)19-18(23)11-2-1-3-14(8-11)27(24,25)21-12-4-5-12/h1-3,6-9,12,21H,4-5,10H2,(H,19,23)(H,20,22). The van der Waals surface area contributed by atoms with E-state index in [1.807, 2.05) is 0 Å². The lowest BCUT2D eigenvalue weighted by molar-refractivity contribution is -0.118. The SMILES string of the molecule is O=C1COc2ccc(NC(=O)c3cccc(S(=O)(=O)NC4CC4)c3)cc2N1. The molecule has 3 N–H and O–H groups in total. The molecule has 0 spiro atoms. The van der Waals surface area contributed by atoms with Crippen LogP contribution in [0.5, 0.6) is 5.75 Å². The van der Waals surface area contributed by atoms with E-state index in [1.165, 1.54) is 24.3 Å². The molecule has 9 heteroatoms. The zero-order chi connectivity index (χ0) is 19.0. The molecule has 2 amide bonds. The lowest BCUT2D eigenvalue weighted by atomic mass is 10.2. The van der Waals surface area contributed by atoms with Crippen LogP contribution < -0.4 is 20.1 Å². The van der Waals surface area contributed by atoms with Crippen LogP contribution in [0.3, 0.4) is 0 Å². The highest BCUT2D eigenvalue weighted by atomic mass is 32.2. The minimum atomic E-state index is -3.64. The molecule has 2 aliphatic rings. The smallest absolute Gasteiger partial charge is 0.262 e. The van der Waals surface area contributed by atoms with Gasteiger partial charge in [0.05, 0.1) is 10.6 Å². The van der Waals surface area contributed by atoms with Crippen molar-refractivity contribution in [2.45, 2.75) is 23.8 Å². The van der Waals surface area contributed by atoms with Crippen LogP contribution in [0.2, 0.25) is 0 Å². The molecule has 1 aliphatic heterocycles. The summed E-state index contributed by atoms with van der Waals surface area (Å²) in [6.07, 6.45) is 1.66. The summed E-state index contributed by atoms with van der Waals surface area (Å²) in [5.41, 5.74) is 1.13. The number of benzene rings is 2. The first-order valence-corrected chi connectivity index (χ1v) is 9.89. The lowest BCUT2D eigenvalue weighted by Crippen LogP contribution is -2.26. The summed E-state index contributed by atoms with van der Waals surface area (Å²) in [5.74, 6) is -0.208. The number of carbonyl (C=O) groups excluding carboxylic acids is 2. The molecule has 0 saturated heterocycles. The number of sulfonamides is 1. The number of hydrogen-bond acceptors (Lipinski definition) is 5. The molecule has 2 aromatic carbocycles. The van der Waals surface area contributed by atoms with Crippen molar-refractivity contribution in [1.29, 1.82) is 0 Å². The van der Waals surface area contributed by atoms with Gasteiger partial charge in [0, 0.05) is 17.3 Å². The van der Waals surface area contributed by atoms with Crippen LogP contribution in [-0.2, 0) is 14.8 Å². The van der Waals surface area contributed by atoms with Crippen molar-refractivity contribution >= 4 is 33.2 Å². The molecule has 0 unspecified atom stereocenters. The Balaban J connectivity index is 1.52. The van der Waals surface area contributed by atoms with Crippen molar-refractivity contribution in [2.75, 3.05) is 17.2 Å². The van der Waals surface area contributed by atoms with Crippen LogP contribution in [0.15, 0.2) is 47.4 Å². The molecular formula is C18H17N3O5S. The molecule has 1 aliphatic carbocycles. The van der Waals surface area contributed by atoms with Gasteiger partial charge in [0.1, 0.15) is 5.75 Å². The van der Waals surface area contributed by atoms with Crippen molar-refractivity contribution in [3.8, 4) is 5.75 Å². The van der Waals surface area contributed by atoms with Crippen molar-refractivity contribution < 1.29 is 22.7 Å². The molecule has 0 bridgehead atoms. The van der Waals surface area contributed by atoms with E-state index in [0.717, 1.165) is 12.8 Å².